The highest BCUT2D eigenvalue weighted by molar-refractivity contribution is 7.80. The van der Waals surface area contributed by atoms with Gasteiger partial charge in [0.25, 0.3) is 0 Å². The number of carbonyl (C=O) groups excluding carboxylic acids is 1. The number of amides is 1. The molecule has 1 saturated heterocycles. The Labute approximate surface area is 223 Å². The number of aryl methyl sites for hydroxylation is 3. The van der Waals surface area contributed by atoms with Crippen LogP contribution in [-0.4, -0.2) is 32.0 Å². The molecule has 3 heterocycles. The number of hydrogen-bond donors (Lipinski definition) is 2. The first kappa shape index (κ1) is 24.7. The van der Waals surface area contributed by atoms with Crippen molar-refractivity contribution in [2.45, 2.75) is 39.8 Å². The Morgan fingerprint density at radius 2 is 1.76 bits per heavy atom. The SMILES string of the molecule is Cc1ccc(C)c(-n2c(C)cc([C@@H]3[C@@H](c4ccccn4)NC(=S)N3CC(=O)Nc3ccccc3)c2C)c1. The summed E-state index contributed by atoms with van der Waals surface area (Å²) < 4.78 is 2.30. The number of anilines is 1. The van der Waals surface area contributed by atoms with Gasteiger partial charge in [-0.3, -0.25) is 9.78 Å². The molecule has 7 heteroatoms. The van der Waals surface area contributed by atoms with Crippen molar-refractivity contribution in [3.63, 3.8) is 0 Å². The van der Waals surface area contributed by atoms with Gasteiger partial charge in [-0.1, -0.05) is 36.4 Å². The van der Waals surface area contributed by atoms with Gasteiger partial charge in [0, 0.05) is 29.0 Å². The van der Waals surface area contributed by atoms with Gasteiger partial charge in [-0.15, -0.1) is 0 Å². The Bertz CT molecular complexity index is 1450. The van der Waals surface area contributed by atoms with E-state index >= 15 is 0 Å². The van der Waals surface area contributed by atoms with Crippen molar-refractivity contribution in [1.29, 1.82) is 0 Å². The largest absolute Gasteiger partial charge is 0.352 e. The number of thiocarbonyl (C=S) groups is 1. The highest BCUT2D eigenvalue weighted by Crippen LogP contribution is 2.41. The van der Waals surface area contributed by atoms with Crippen LogP contribution >= 0.6 is 12.2 Å². The lowest BCUT2D eigenvalue weighted by Gasteiger charge is -2.27. The quantitative estimate of drug-likeness (QED) is 0.326. The second kappa shape index (κ2) is 10.2. The molecular formula is C30H31N5OS. The molecule has 5 rings (SSSR count). The fraction of sp³-hybridized carbons (Fsp3) is 0.233. The van der Waals surface area contributed by atoms with Gasteiger partial charge in [0.15, 0.2) is 5.11 Å². The van der Waals surface area contributed by atoms with Crippen LogP contribution in [0.5, 0.6) is 0 Å². The zero-order valence-electron chi connectivity index (χ0n) is 21.5. The third-order valence-corrected chi connectivity index (χ3v) is 7.32. The third kappa shape index (κ3) is 4.87. The molecular weight excluding hydrogens is 478 g/mol. The molecule has 2 aromatic heterocycles. The summed E-state index contributed by atoms with van der Waals surface area (Å²) in [5.74, 6) is -0.120. The van der Waals surface area contributed by atoms with Gasteiger partial charge in [-0.2, -0.15) is 0 Å². The Balaban J connectivity index is 1.56. The number of rotatable bonds is 6. The van der Waals surface area contributed by atoms with Crippen LogP contribution in [0.15, 0.2) is 79.0 Å². The first-order valence-corrected chi connectivity index (χ1v) is 12.8. The number of nitrogens with one attached hydrogen (secondary N) is 2. The van der Waals surface area contributed by atoms with Crippen LogP contribution in [0.25, 0.3) is 5.69 Å². The van der Waals surface area contributed by atoms with Crippen LogP contribution < -0.4 is 10.6 Å². The lowest BCUT2D eigenvalue weighted by atomic mass is 9.96. The fourth-order valence-corrected chi connectivity index (χ4v) is 5.51. The molecule has 1 fully saturated rings. The van der Waals surface area contributed by atoms with Crippen molar-refractivity contribution < 1.29 is 4.79 Å². The van der Waals surface area contributed by atoms with Crippen molar-refractivity contribution in [2.24, 2.45) is 0 Å². The molecule has 6 nitrogen and oxygen atoms in total. The molecule has 1 amide bonds. The number of benzene rings is 2. The lowest BCUT2D eigenvalue weighted by Crippen LogP contribution is -2.37. The summed E-state index contributed by atoms with van der Waals surface area (Å²) in [5, 5.41) is 7.00. The number of pyridine rings is 1. The number of aromatic nitrogens is 2. The maximum atomic E-state index is 13.1. The molecule has 1 aliphatic rings. The first-order chi connectivity index (χ1) is 17.8. The lowest BCUT2D eigenvalue weighted by molar-refractivity contribution is -0.116. The molecule has 1 aliphatic heterocycles. The van der Waals surface area contributed by atoms with Crippen LogP contribution in [0.1, 0.15) is 45.9 Å². The molecule has 0 spiro atoms. The van der Waals surface area contributed by atoms with E-state index in [9.17, 15) is 4.79 Å². The van der Waals surface area contributed by atoms with Gasteiger partial charge in [0.1, 0.15) is 6.54 Å². The van der Waals surface area contributed by atoms with Gasteiger partial charge in [-0.05, 0) is 93.0 Å². The third-order valence-electron chi connectivity index (χ3n) is 6.96. The minimum Gasteiger partial charge on any atom is -0.352 e. The Morgan fingerprint density at radius 3 is 2.49 bits per heavy atom. The van der Waals surface area contributed by atoms with Gasteiger partial charge >= 0.3 is 0 Å². The van der Waals surface area contributed by atoms with E-state index < -0.39 is 0 Å². The Morgan fingerprint density at radius 1 is 1.00 bits per heavy atom. The summed E-state index contributed by atoms with van der Waals surface area (Å²) in [4.78, 5) is 19.8. The average Bonchev–Trinajstić information content (AvgIpc) is 3.36. The first-order valence-electron chi connectivity index (χ1n) is 12.4. The monoisotopic (exact) mass is 509 g/mol. The van der Waals surface area contributed by atoms with Gasteiger partial charge in [0.2, 0.25) is 5.91 Å². The van der Waals surface area contributed by atoms with Crippen LogP contribution in [0.4, 0.5) is 5.69 Å². The zero-order chi connectivity index (χ0) is 26.1. The summed E-state index contributed by atoms with van der Waals surface area (Å²) in [5.41, 5.74) is 8.60. The van der Waals surface area contributed by atoms with Crippen molar-refractivity contribution in [3.8, 4) is 5.69 Å². The van der Waals surface area contributed by atoms with Crippen molar-refractivity contribution in [1.82, 2.24) is 19.8 Å². The zero-order valence-corrected chi connectivity index (χ0v) is 22.3. The Kier molecular flexibility index (Phi) is 6.80. The molecule has 0 unspecified atom stereocenters. The van der Waals surface area contributed by atoms with Crippen LogP contribution in [0, 0.1) is 27.7 Å². The van der Waals surface area contributed by atoms with E-state index in [0.29, 0.717) is 5.11 Å². The van der Waals surface area contributed by atoms with Gasteiger partial charge in [0.05, 0.1) is 17.8 Å². The molecule has 2 N–H and O–H groups in total. The molecule has 0 radical (unpaired) electrons. The highest BCUT2D eigenvalue weighted by Gasteiger charge is 2.42. The smallest absolute Gasteiger partial charge is 0.244 e. The minimum atomic E-state index is -0.200. The standard InChI is InChI=1S/C30H31N5OS/c1-19-13-14-20(2)26(16-19)35-21(3)17-24(22(35)4)29-28(25-12-8-9-15-31-25)33-30(37)34(29)18-27(36)32-23-10-6-5-7-11-23/h5-17,28-29H,18H2,1-4H3,(H,32,36)(H,33,37)/t28-,29-/m1/s1. The number of para-hydroxylation sites is 1. The van der Waals surface area contributed by atoms with Gasteiger partial charge in [-0.25, -0.2) is 0 Å². The topological polar surface area (TPSA) is 62.2 Å². The van der Waals surface area contributed by atoms with E-state index in [1.165, 1.54) is 11.1 Å². The highest BCUT2D eigenvalue weighted by atomic mass is 32.1. The average molecular weight is 510 g/mol. The fourth-order valence-electron chi connectivity index (χ4n) is 5.21. The second-order valence-electron chi connectivity index (χ2n) is 9.62. The maximum Gasteiger partial charge on any atom is 0.244 e. The normalized spacial score (nSPS) is 17.1. The maximum absolute atomic E-state index is 13.1. The van der Waals surface area contributed by atoms with Crippen molar-refractivity contribution in [2.75, 3.05) is 11.9 Å². The molecule has 2 atom stereocenters. The van der Waals surface area contributed by atoms with E-state index in [-0.39, 0.29) is 24.5 Å². The van der Waals surface area contributed by atoms with Crippen molar-refractivity contribution in [3.05, 3.63) is 113 Å². The van der Waals surface area contributed by atoms with E-state index in [2.05, 4.69) is 72.1 Å². The molecule has 2 aromatic carbocycles. The van der Waals surface area contributed by atoms with E-state index in [1.807, 2.05) is 53.4 Å². The Hall–Kier alpha value is -3.97. The molecule has 37 heavy (non-hydrogen) atoms. The summed E-state index contributed by atoms with van der Waals surface area (Å²) in [7, 11) is 0. The van der Waals surface area contributed by atoms with Gasteiger partial charge < -0.3 is 20.1 Å². The minimum absolute atomic E-state index is 0.120. The molecule has 4 aromatic rings. The summed E-state index contributed by atoms with van der Waals surface area (Å²) >= 11 is 5.79. The van der Waals surface area contributed by atoms with E-state index in [1.54, 1.807) is 6.20 Å². The summed E-state index contributed by atoms with van der Waals surface area (Å²) in [6.45, 7) is 8.64. The number of nitrogens with zero attached hydrogens (tertiary/aromatic N) is 3. The predicted molar refractivity (Wildman–Crippen MR) is 152 cm³/mol. The summed E-state index contributed by atoms with van der Waals surface area (Å²) in [6.07, 6.45) is 1.79. The van der Waals surface area contributed by atoms with E-state index in [0.717, 1.165) is 34.0 Å². The van der Waals surface area contributed by atoms with E-state index in [4.69, 9.17) is 12.2 Å². The van der Waals surface area contributed by atoms with Crippen molar-refractivity contribution >= 4 is 28.9 Å². The molecule has 188 valence electrons. The molecule has 0 bridgehead atoms. The predicted octanol–water partition coefficient (Wildman–Crippen LogP) is 5.72. The molecule has 0 aliphatic carbocycles. The second-order valence-corrected chi connectivity index (χ2v) is 10.0. The van der Waals surface area contributed by atoms with Crippen LogP contribution in [0.2, 0.25) is 0 Å². The number of carbonyl (C=O) groups is 1. The summed E-state index contributed by atoms with van der Waals surface area (Å²) in [6, 6.07) is 23.7. The number of hydrogen-bond acceptors (Lipinski definition) is 3. The van der Waals surface area contributed by atoms with Crippen LogP contribution in [0.3, 0.4) is 0 Å². The molecule has 0 saturated carbocycles. The van der Waals surface area contributed by atoms with Crippen LogP contribution in [-0.2, 0) is 4.79 Å².